The Morgan fingerprint density at radius 2 is 1.50 bits per heavy atom. The second-order valence-electron chi connectivity index (χ2n) is 4.00. The van der Waals surface area contributed by atoms with Crippen LogP contribution in [0.4, 0.5) is 0 Å². The molecule has 0 aromatic heterocycles. The van der Waals surface area contributed by atoms with Crippen LogP contribution in [0.15, 0.2) is 0 Å². The molecule has 2 rings (SSSR count). The molecule has 0 aliphatic carbocycles. The molecule has 0 aromatic carbocycles. The summed E-state index contributed by atoms with van der Waals surface area (Å²) in [6, 6.07) is 0. The Balaban J connectivity index is 0.000000771. The molecule has 0 unspecified atom stereocenters. The Hall–Kier alpha value is 0.363. The quantitative estimate of drug-likeness (QED) is 0.187. The first-order valence-corrected chi connectivity index (χ1v) is 6.78. The van der Waals surface area contributed by atoms with Crippen LogP contribution in [0.3, 0.4) is 0 Å². The van der Waals surface area contributed by atoms with E-state index in [9.17, 15) is 5.11 Å². The van der Waals surface area contributed by atoms with Crippen molar-refractivity contribution in [2.75, 3.05) is 39.3 Å². The predicted octanol–water partition coefficient (Wildman–Crippen LogP) is -3.88. The molecule has 9 nitrogen and oxygen atoms in total. The SMILES string of the molecule is ONCCNC1(C2(O)NCCN2)NCCN1.[O]=[Zr]. The number of hydrogen-bond acceptors (Lipinski definition) is 9. The van der Waals surface area contributed by atoms with Gasteiger partial charge in [-0.1, -0.05) is 0 Å². The van der Waals surface area contributed by atoms with Crippen LogP contribution in [-0.4, -0.2) is 61.2 Å². The van der Waals surface area contributed by atoms with E-state index in [1.807, 2.05) is 0 Å². The zero-order valence-electron chi connectivity index (χ0n) is 10.0. The topological polar surface area (TPSA) is 130 Å². The van der Waals surface area contributed by atoms with E-state index >= 15 is 0 Å². The van der Waals surface area contributed by atoms with Gasteiger partial charge in [-0.15, -0.1) is 0 Å². The molecule has 0 radical (unpaired) electrons. The van der Waals surface area contributed by atoms with Crippen LogP contribution in [-0.2, 0) is 27.5 Å². The van der Waals surface area contributed by atoms with Crippen molar-refractivity contribution in [2.24, 2.45) is 0 Å². The van der Waals surface area contributed by atoms with Gasteiger partial charge in [0.15, 0.2) is 5.79 Å². The zero-order chi connectivity index (χ0) is 13.5. The van der Waals surface area contributed by atoms with E-state index in [1.165, 1.54) is 0 Å². The average molecular weight is 340 g/mol. The van der Waals surface area contributed by atoms with Crippen LogP contribution in [0.25, 0.3) is 0 Å². The molecule has 0 spiro atoms. The van der Waals surface area contributed by atoms with Gasteiger partial charge in [0.1, 0.15) is 0 Å². The maximum atomic E-state index is 10.4. The van der Waals surface area contributed by atoms with Crippen LogP contribution in [0.5, 0.6) is 0 Å². The van der Waals surface area contributed by atoms with Crippen molar-refractivity contribution >= 4 is 0 Å². The van der Waals surface area contributed by atoms with Gasteiger partial charge in [-0.25, -0.2) is 5.48 Å². The standard InChI is InChI=1S/C8H20N6O2.O.Zr/c15-8(12-3-4-13-8)7(9-1-2-10-7)11-5-6-14-16;;/h9-16H,1-6H2;;. The Bertz CT molecular complexity index is 247. The van der Waals surface area contributed by atoms with Crippen LogP contribution in [0.1, 0.15) is 0 Å². The summed E-state index contributed by atoms with van der Waals surface area (Å²) in [6.07, 6.45) is 0. The molecule has 0 atom stereocenters. The van der Waals surface area contributed by atoms with Crippen molar-refractivity contribution in [3.05, 3.63) is 0 Å². The maximum absolute atomic E-state index is 10.4. The number of aliphatic hydroxyl groups is 1. The van der Waals surface area contributed by atoms with Crippen molar-refractivity contribution in [3.8, 4) is 0 Å². The first-order valence-electron chi connectivity index (χ1n) is 5.77. The molecule has 0 amide bonds. The summed E-state index contributed by atoms with van der Waals surface area (Å²) in [7, 11) is 0. The minimum atomic E-state index is -1.22. The Morgan fingerprint density at radius 1 is 1.00 bits per heavy atom. The van der Waals surface area contributed by atoms with Crippen molar-refractivity contribution in [3.63, 3.8) is 0 Å². The predicted molar refractivity (Wildman–Crippen MR) is 58.2 cm³/mol. The number of hydroxylamine groups is 1. The second-order valence-corrected chi connectivity index (χ2v) is 4.00. The van der Waals surface area contributed by atoms with Crippen LogP contribution < -0.4 is 32.1 Å². The third-order valence-corrected chi connectivity index (χ3v) is 2.96. The molecule has 0 bridgehead atoms. The zero-order valence-corrected chi connectivity index (χ0v) is 12.5. The molecule has 0 saturated carbocycles. The Morgan fingerprint density at radius 3 is 2.00 bits per heavy atom. The fourth-order valence-corrected chi connectivity index (χ4v) is 2.19. The average Bonchev–Trinajstić information content (AvgIpc) is 3.03. The molecular weight excluding hydrogens is 319 g/mol. The van der Waals surface area contributed by atoms with Crippen molar-refractivity contribution in [2.45, 2.75) is 11.6 Å². The number of nitrogens with one attached hydrogen (secondary N) is 6. The fourth-order valence-electron chi connectivity index (χ4n) is 2.19. The molecule has 2 fully saturated rings. The van der Waals surface area contributed by atoms with E-state index in [0.29, 0.717) is 50.9 Å². The second kappa shape index (κ2) is 7.83. The van der Waals surface area contributed by atoms with Gasteiger partial charge in [-0.2, -0.15) is 0 Å². The molecule has 2 aliphatic heterocycles. The van der Waals surface area contributed by atoms with Gasteiger partial charge in [0.25, 0.3) is 0 Å². The van der Waals surface area contributed by atoms with E-state index in [4.69, 9.17) is 8.02 Å². The molecule has 18 heavy (non-hydrogen) atoms. The van der Waals surface area contributed by atoms with Gasteiger partial charge in [0, 0.05) is 39.3 Å². The van der Waals surface area contributed by atoms with Gasteiger partial charge in [0.2, 0.25) is 5.85 Å². The molecule has 0 aromatic rings. The van der Waals surface area contributed by atoms with Gasteiger partial charge < -0.3 is 10.3 Å². The van der Waals surface area contributed by atoms with Crippen LogP contribution in [0, 0.1) is 0 Å². The minimum absolute atomic E-state index is 0.300. The third-order valence-electron chi connectivity index (χ3n) is 2.96. The molecule has 2 heterocycles. The summed E-state index contributed by atoms with van der Waals surface area (Å²) < 4.78 is 8.34. The Labute approximate surface area is 121 Å². The van der Waals surface area contributed by atoms with E-state index in [1.54, 1.807) is 0 Å². The van der Waals surface area contributed by atoms with Crippen LogP contribution >= 0.6 is 0 Å². The summed E-state index contributed by atoms with van der Waals surface area (Å²) in [5.41, 5.74) is 2.07. The fraction of sp³-hybridized carbons (Fsp3) is 1.00. The van der Waals surface area contributed by atoms with Gasteiger partial charge in [0.05, 0.1) is 0 Å². The summed E-state index contributed by atoms with van der Waals surface area (Å²) >= 11 is 0.300. The van der Waals surface area contributed by atoms with Gasteiger partial charge in [-0.3, -0.25) is 26.6 Å². The van der Waals surface area contributed by atoms with E-state index < -0.39 is 11.6 Å². The summed E-state index contributed by atoms with van der Waals surface area (Å²) in [5.74, 6) is -2.03. The van der Waals surface area contributed by atoms with Crippen molar-refractivity contribution < 1.29 is 37.9 Å². The first kappa shape index (κ1) is 16.4. The van der Waals surface area contributed by atoms with Gasteiger partial charge in [-0.05, 0) is 0 Å². The summed E-state index contributed by atoms with van der Waals surface area (Å²) in [5, 5.41) is 34.6. The number of rotatable bonds is 5. The summed E-state index contributed by atoms with van der Waals surface area (Å²) in [4.78, 5) is 0. The first-order chi connectivity index (χ1) is 8.72. The molecular formula is C8H20N6O3Zr. The van der Waals surface area contributed by atoms with E-state index in [0.717, 1.165) is 13.1 Å². The normalized spacial score (nSPS) is 24.5. The molecule has 2 saturated heterocycles. The molecule has 10 heteroatoms. The monoisotopic (exact) mass is 338 g/mol. The van der Waals surface area contributed by atoms with E-state index in [2.05, 4.69) is 32.1 Å². The Kier molecular flexibility index (Phi) is 7.14. The molecule has 104 valence electrons. The van der Waals surface area contributed by atoms with E-state index in [-0.39, 0.29) is 0 Å². The third kappa shape index (κ3) is 3.47. The number of hydrogen-bond donors (Lipinski definition) is 8. The molecule has 2 aliphatic rings. The van der Waals surface area contributed by atoms with Crippen molar-refractivity contribution in [1.29, 1.82) is 0 Å². The van der Waals surface area contributed by atoms with Crippen LogP contribution in [0.2, 0.25) is 0 Å². The van der Waals surface area contributed by atoms with Gasteiger partial charge >= 0.3 is 27.5 Å². The summed E-state index contributed by atoms with van der Waals surface area (Å²) in [6.45, 7) is 3.88. The molecule has 8 N–H and O–H groups in total. The van der Waals surface area contributed by atoms with Crippen molar-refractivity contribution in [1.82, 2.24) is 32.1 Å².